The molecule has 0 amide bonds. The lowest BCUT2D eigenvalue weighted by atomic mass is 10.0. The van der Waals surface area contributed by atoms with E-state index in [1.54, 1.807) is 0 Å². The maximum absolute atomic E-state index is 5.14. The fourth-order valence-corrected chi connectivity index (χ4v) is 8.84. The van der Waals surface area contributed by atoms with E-state index in [0.717, 1.165) is 38.9 Å². The molecule has 0 spiro atoms. The van der Waals surface area contributed by atoms with E-state index in [0.29, 0.717) is 0 Å². The van der Waals surface area contributed by atoms with Gasteiger partial charge in [-0.15, -0.1) is 10.2 Å². The molecule has 0 saturated heterocycles. The Morgan fingerprint density at radius 1 is 0.346 bits per heavy atom. The molecule has 12 rings (SSSR count). The third-order valence-electron chi connectivity index (χ3n) is 11.1. The Kier molecular flexibility index (Phi) is 5.47. The van der Waals surface area contributed by atoms with E-state index in [9.17, 15) is 0 Å². The number of hydrogen-bond donors (Lipinski definition) is 0. The zero-order valence-corrected chi connectivity index (χ0v) is 28.0. The normalized spacial score (nSPS) is 12.2. The Labute approximate surface area is 297 Å². The maximum Gasteiger partial charge on any atom is 0.168 e. The van der Waals surface area contributed by atoms with E-state index in [1.807, 2.05) is 0 Å². The summed E-state index contributed by atoms with van der Waals surface area (Å²) in [4.78, 5) is 0. The Morgan fingerprint density at radius 3 is 1.73 bits per heavy atom. The van der Waals surface area contributed by atoms with Crippen LogP contribution in [0.1, 0.15) is 0 Å². The van der Waals surface area contributed by atoms with Crippen LogP contribution in [0.2, 0.25) is 0 Å². The quantitative estimate of drug-likeness (QED) is 0.189. The van der Waals surface area contributed by atoms with Gasteiger partial charge in [0, 0.05) is 48.7 Å². The summed E-state index contributed by atoms with van der Waals surface area (Å²) in [6, 6.07) is 61.2. The minimum atomic E-state index is 0.831. The molecule has 0 unspecified atom stereocenters. The molecule has 12 aromatic rings. The van der Waals surface area contributed by atoms with Crippen LogP contribution in [-0.2, 0) is 0 Å². The van der Waals surface area contributed by atoms with Crippen LogP contribution in [0.4, 0.5) is 0 Å². The highest BCUT2D eigenvalue weighted by atomic mass is 15.2. The van der Waals surface area contributed by atoms with Gasteiger partial charge in [-0.1, -0.05) is 140 Å². The van der Waals surface area contributed by atoms with E-state index in [2.05, 4.69) is 179 Å². The van der Waals surface area contributed by atoms with Crippen LogP contribution in [0.5, 0.6) is 0 Å². The number of benzene rings is 8. The second-order valence-corrected chi connectivity index (χ2v) is 13.8. The van der Waals surface area contributed by atoms with Crippen LogP contribution in [0.3, 0.4) is 0 Å². The summed E-state index contributed by atoms with van der Waals surface area (Å²) < 4.78 is 4.84. The second-order valence-electron chi connectivity index (χ2n) is 13.8. The smallest absolute Gasteiger partial charge is 0.168 e. The van der Waals surface area contributed by atoms with Gasteiger partial charge in [-0.05, 0) is 52.2 Å². The first-order valence-corrected chi connectivity index (χ1v) is 17.8. The van der Waals surface area contributed by atoms with Gasteiger partial charge in [0.05, 0.1) is 27.6 Å². The predicted octanol–water partition coefficient (Wildman–Crippen LogP) is 12.4. The molecule has 4 heterocycles. The molecule has 0 aliphatic heterocycles. The molecule has 240 valence electrons. The molecule has 4 heteroatoms. The van der Waals surface area contributed by atoms with Gasteiger partial charge in [0.2, 0.25) is 0 Å². The molecule has 8 aromatic carbocycles. The van der Waals surface area contributed by atoms with Gasteiger partial charge in [-0.25, -0.2) is 0 Å². The molecule has 0 aliphatic carbocycles. The van der Waals surface area contributed by atoms with E-state index < -0.39 is 0 Å². The molecule has 52 heavy (non-hydrogen) atoms. The number of rotatable bonds is 3. The number of nitrogens with zero attached hydrogens (tertiary/aromatic N) is 4. The van der Waals surface area contributed by atoms with Gasteiger partial charge in [-0.2, -0.15) is 0 Å². The van der Waals surface area contributed by atoms with Crippen molar-refractivity contribution in [2.24, 2.45) is 0 Å². The van der Waals surface area contributed by atoms with Gasteiger partial charge < -0.3 is 4.40 Å². The molecule has 4 aromatic heterocycles. The summed E-state index contributed by atoms with van der Waals surface area (Å²) in [5, 5.41) is 22.2. The fraction of sp³-hybridized carbons (Fsp3) is 0. The zero-order chi connectivity index (χ0) is 33.9. The summed E-state index contributed by atoms with van der Waals surface area (Å²) >= 11 is 0. The monoisotopic (exact) mass is 660 g/mol. The number of hydrogen-bond acceptors (Lipinski definition) is 2. The van der Waals surface area contributed by atoms with Gasteiger partial charge in [-0.3, -0.25) is 4.57 Å². The van der Waals surface area contributed by atoms with Crippen LogP contribution in [0.25, 0.3) is 110 Å². The molecule has 0 N–H and O–H groups in total. The first-order chi connectivity index (χ1) is 25.8. The van der Waals surface area contributed by atoms with Crippen molar-refractivity contribution in [1.29, 1.82) is 0 Å². The highest BCUT2D eigenvalue weighted by Gasteiger charge is 2.25. The number of para-hydroxylation sites is 2. The molecule has 0 saturated carbocycles. The van der Waals surface area contributed by atoms with Crippen molar-refractivity contribution in [3.8, 4) is 28.2 Å². The van der Waals surface area contributed by atoms with Crippen LogP contribution < -0.4 is 0 Å². The summed E-state index contributed by atoms with van der Waals surface area (Å²) in [7, 11) is 0. The standard InChI is InChI=1S/C48H28N4/c1-2-12-29(13-3-1)30-22-24-31(25-23-30)46-35-17-6-7-18-36(35)48(50-49-46)52-42-27-33-15-5-4-14-32(33)26-39(42)44-43(52)28-38-34-16-8-10-20-40(34)51-41-21-11-9-19-37(41)45(44)47(38)51/h1-28H. The average molecular weight is 661 g/mol. The largest absolute Gasteiger partial charge is 0.308 e. The molecular weight excluding hydrogens is 633 g/mol. The van der Waals surface area contributed by atoms with Crippen molar-refractivity contribution < 1.29 is 0 Å². The van der Waals surface area contributed by atoms with E-state index in [1.165, 1.54) is 70.8 Å². The SMILES string of the molecule is c1ccc(-c2ccc(-c3nnc(-n4c5cc6ccccc6cc5c5c6c7ccccc7n7c8ccccc8c(cc54)c67)c4ccccc34)cc2)cc1. The Bertz CT molecular complexity index is 3390. The van der Waals surface area contributed by atoms with Gasteiger partial charge in [0.15, 0.2) is 5.82 Å². The van der Waals surface area contributed by atoms with Crippen molar-refractivity contribution in [3.05, 3.63) is 170 Å². The Hall–Kier alpha value is -7.04. The summed E-state index contributed by atoms with van der Waals surface area (Å²) in [6.45, 7) is 0. The lowest BCUT2D eigenvalue weighted by Gasteiger charge is -2.13. The van der Waals surface area contributed by atoms with Gasteiger partial charge >= 0.3 is 0 Å². The molecule has 4 nitrogen and oxygen atoms in total. The van der Waals surface area contributed by atoms with Crippen molar-refractivity contribution >= 4 is 81.4 Å². The molecule has 0 aliphatic rings. The van der Waals surface area contributed by atoms with E-state index in [4.69, 9.17) is 10.2 Å². The molecule has 0 atom stereocenters. The fourth-order valence-electron chi connectivity index (χ4n) is 8.84. The van der Waals surface area contributed by atoms with Gasteiger partial charge in [0.1, 0.15) is 5.69 Å². The van der Waals surface area contributed by atoms with Crippen LogP contribution in [0.15, 0.2) is 170 Å². The highest BCUT2D eigenvalue weighted by Crippen LogP contribution is 2.47. The average Bonchev–Trinajstić information content (AvgIpc) is 3.84. The molecular formula is C48H28N4. The van der Waals surface area contributed by atoms with Crippen molar-refractivity contribution in [2.75, 3.05) is 0 Å². The summed E-state index contributed by atoms with van der Waals surface area (Å²) in [5.74, 6) is 0.831. The van der Waals surface area contributed by atoms with Crippen LogP contribution in [0, 0.1) is 0 Å². The Balaban J connectivity index is 1.21. The third kappa shape index (κ3) is 3.65. The number of aromatic nitrogens is 4. The molecule has 0 fully saturated rings. The predicted molar refractivity (Wildman–Crippen MR) is 217 cm³/mol. The lowest BCUT2D eigenvalue weighted by Crippen LogP contribution is -2.02. The minimum absolute atomic E-state index is 0.831. The maximum atomic E-state index is 5.14. The highest BCUT2D eigenvalue weighted by molar-refractivity contribution is 6.36. The Morgan fingerprint density at radius 2 is 0.942 bits per heavy atom. The number of fused-ring (bicyclic) bond motifs is 12. The van der Waals surface area contributed by atoms with Crippen LogP contribution >= 0.6 is 0 Å². The third-order valence-corrected chi connectivity index (χ3v) is 11.1. The minimum Gasteiger partial charge on any atom is -0.308 e. The van der Waals surface area contributed by atoms with E-state index in [-0.39, 0.29) is 0 Å². The molecule has 0 bridgehead atoms. The van der Waals surface area contributed by atoms with Gasteiger partial charge in [0.25, 0.3) is 0 Å². The van der Waals surface area contributed by atoms with E-state index >= 15 is 0 Å². The topological polar surface area (TPSA) is 35.1 Å². The van der Waals surface area contributed by atoms with Crippen molar-refractivity contribution in [1.82, 2.24) is 19.2 Å². The summed E-state index contributed by atoms with van der Waals surface area (Å²) in [5.41, 5.74) is 10.3. The second kappa shape index (κ2) is 10.3. The van der Waals surface area contributed by atoms with Crippen molar-refractivity contribution in [2.45, 2.75) is 0 Å². The molecule has 0 radical (unpaired) electrons. The van der Waals surface area contributed by atoms with Crippen molar-refractivity contribution in [3.63, 3.8) is 0 Å². The lowest BCUT2D eigenvalue weighted by molar-refractivity contribution is 0.977. The van der Waals surface area contributed by atoms with Crippen LogP contribution in [-0.4, -0.2) is 19.2 Å². The zero-order valence-electron chi connectivity index (χ0n) is 28.0. The summed E-state index contributed by atoms with van der Waals surface area (Å²) in [6.07, 6.45) is 0. The first kappa shape index (κ1) is 27.7. The first-order valence-electron chi connectivity index (χ1n) is 17.8.